The van der Waals surface area contributed by atoms with Crippen LogP contribution in [0.15, 0.2) is 85.1 Å². The van der Waals surface area contributed by atoms with Crippen molar-refractivity contribution in [1.29, 1.82) is 0 Å². The first-order valence-electron chi connectivity index (χ1n) is 36.3. The normalized spacial score (nSPS) is 13.6. The zero-order valence-electron chi connectivity index (χ0n) is 57.0. The van der Waals surface area contributed by atoms with Crippen molar-refractivity contribution in [1.82, 2.24) is 0 Å². The van der Waals surface area contributed by atoms with Crippen LogP contribution in [0.4, 0.5) is 0 Å². The molecule has 0 saturated carbocycles. The van der Waals surface area contributed by atoms with Gasteiger partial charge < -0.3 is 18.9 Å². The van der Waals surface area contributed by atoms with Crippen LogP contribution in [-0.2, 0) is 32.7 Å². The molecule has 0 saturated heterocycles. The molecule has 0 aromatic heterocycles. The van der Waals surface area contributed by atoms with Crippen molar-refractivity contribution < 1.29 is 42.1 Å². The Balaban J connectivity index is 4.00. The number of ether oxygens (including phenoxy) is 2. The number of phosphoric acid groups is 1. The minimum atomic E-state index is -4.39. The van der Waals surface area contributed by atoms with E-state index in [1.54, 1.807) is 0 Å². The molecule has 0 heterocycles. The molecule has 0 spiro atoms. The molecule has 0 bridgehead atoms. The second kappa shape index (κ2) is 66.6. The molecule has 0 aromatic carbocycles. The maximum atomic E-state index is 12.9. The number of quaternary nitrogens is 1. The Morgan fingerprint density at radius 2 is 0.663 bits per heavy atom. The number of rotatable bonds is 67. The molecule has 0 aliphatic heterocycles. The van der Waals surface area contributed by atoms with Gasteiger partial charge in [-0.2, -0.15) is 0 Å². The molecule has 0 aliphatic carbocycles. The molecule has 0 aromatic rings. The van der Waals surface area contributed by atoms with E-state index in [0.717, 1.165) is 70.6 Å². The van der Waals surface area contributed by atoms with Gasteiger partial charge in [-0.1, -0.05) is 317 Å². The van der Waals surface area contributed by atoms with Crippen molar-refractivity contribution in [3.8, 4) is 0 Å². The van der Waals surface area contributed by atoms with Gasteiger partial charge in [-0.25, -0.2) is 4.57 Å². The predicted octanol–water partition coefficient (Wildman–Crippen LogP) is 23.7. The monoisotopic (exact) mass is 1230 g/mol. The Morgan fingerprint density at radius 3 is 0.988 bits per heavy atom. The highest BCUT2D eigenvalue weighted by Gasteiger charge is 2.27. The molecular weight excluding hydrogens is 1090 g/mol. The Morgan fingerprint density at radius 1 is 0.372 bits per heavy atom. The summed E-state index contributed by atoms with van der Waals surface area (Å²) in [5.74, 6) is -0.783. The van der Waals surface area contributed by atoms with Crippen LogP contribution in [0.25, 0.3) is 0 Å². The summed E-state index contributed by atoms with van der Waals surface area (Å²) >= 11 is 0. The van der Waals surface area contributed by atoms with Crippen LogP contribution in [0.3, 0.4) is 0 Å². The number of nitrogens with zero attached hydrogens (tertiary/aromatic N) is 1. The number of likely N-dealkylation sites (N-methyl/N-ethyl adjacent to an activating group) is 1. The van der Waals surface area contributed by atoms with E-state index < -0.39 is 26.5 Å². The number of carbonyl (C=O) groups excluding carboxylic acids is 2. The molecule has 86 heavy (non-hydrogen) atoms. The van der Waals surface area contributed by atoms with Crippen molar-refractivity contribution in [3.05, 3.63) is 85.1 Å². The van der Waals surface area contributed by atoms with Gasteiger partial charge in [-0.05, 0) is 89.9 Å². The minimum Gasteiger partial charge on any atom is -0.462 e. The molecule has 10 heteroatoms. The third kappa shape index (κ3) is 70.3. The first kappa shape index (κ1) is 83.2. The standard InChI is InChI=1S/C76H138NO8P/c1-6-8-10-12-14-16-18-20-22-24-26-28-30-32-34-36-37-38-39-41-43-45-47-49-51-53-55-57-59-61-63-65-67-69-76(79)85-74(73-84-86(80,81)83-71-70-77(3,4)5)72-82-75(78)68-66-64-62-60-58-56-54-52-50-48-46-44-42-40-35-33-31-29-27-25-23-21-19-17-15-13-11-9-7-2/h8,10,14,16,19-22,25-28,32,34,74H,6-7,9,11-13,15,17-18,23-24,29-31,33,35-73H2,1-5H3/p+1/b10-8-,16-14-,21-19-,22-20-,27-25-,28-26-,34-32-. The van der Waals surface area contributed by atoms with Crippen LogP contribution in [0.1, 0.15) is 335 Å². The van der Waals surface area contributed by atoms with E-state index in [0.29, 0.717) is 23.9 Å². The number of esters is 2. The van der Waals surface area contributed by atoms with E-state index in [-0.39, 0.29) is 25.6 Å². The molecule has 0 amide bonds. The lowest BCUT2D eigenvalue weighted by Gasteiger charge is -2.24. The second-order valence-corrected chi connectivity index (χ2v) is 27.0. The summed E-state index contributed by atoms with van der Waals surface area (Å²) in [4.78, 5) is 35.9. The number of hydrogen-bond donors (Lipinski definition) is 1. The van der Waals surface area contributed by atoms with Crippen molar-refractivity contribution >= 4 is 19.8 Å². The SMILES string of the molecule is CC/C=C\C/C=C\C/C=C\C/C=C\C/C=C\CCCCCCCCCCCCCCCCCCCC(=O)OC(COC(=O)CCCCCCCCCCCCCCCCCCC/C=C\C/C=C\CCCCCCC)COP(=O)(O)OCC[N+](C)(C)C. The topological polar surface area (TPSA) is 108 Å². The smallest absolute Gasteiger partial charge is 0.462 e. The summed E-state index contributed by atoms with van der Waals surface area (Å²) in [6, 6.07) is 0. The van der Waals surface area contributed by atoms with Gasteiger partial charge in [-0.15, -0.1) is 0 Å². The van der Waals surface area contributed by atoms with Crippen molar-refractivity contribution in [2.24, 2.45) is 0 Å². The lowest BCUT2D eigenvalue weighted by Crippen LogP contribution is -2.37. The number of carbonyl (C=O) groups is 2. The zero-order chi connectivity index (χ0) is 62.6. The van der Waals surface area contributed by atoms with Gasteiger partial charge in [0, 0.05) is 12.8 Å². The highest BCUT2D eigenvalue weighted by molar-refractivity contribution is 7.47. The predicted molar refractivity (Wildman–Crippen MR) is 372 cm³/mol. The van der Waals surface area contributed by atoms with Crippen molar-refractivity contribution in [3.63, 3.8) is 0 Å². The third-order valence-corrected chi connectivity index (χ3v) is 16.9. The van der Waals surface area contributed by atoms with E-state index in [1.807, 2.05) is 21.1 Å². The fourth-order valence-electron chi connectivity index (χ4n) is 10.4. The van der Waals surface area contributed by atoms with Crippen molar-refractivity contribution in [2.75, 3.05) is 47.5 Å². The van der Waals surface area contributed by atoms with E-state index in [2.05, 4.69) is 98.9 Å². The second-order valence-electron chi connectivity index (χ2n) is 25.6. The number of unbranched alkanes of at least 4 members (excludes halogenated alkanes) is 39. The minimum absolute atomic E-state index is 0.0313. The van der Waals surface area contributed by atoms with Gasteiger partial charge in [0.25, 0.3) is 0 Å². The highest BCUT2D eigenvalue weighted by Crippen LogP contribution is 2.43. The maximum absolute atomic E-state index is 12.9. The number of phosphoric ester groups is 1. The van der Waals surface area contributed by atoms with Crippen LogP contribution in [-0.4, -0.2) is 74.9 Å². The number of hydrogen-bond acceptors (Lipinski definition) is 7. The van der Waals surface area contributed by atoms with Gasteiger partial charge in [0.05, 0.1) is 27.7 Å². The van der Waals surface area contributed by atoms with Crippen molar-refractivity contribution in [2.45, 2.75) is 341 Å². The van der Waals surface area contributed by atoms with Gasteiger partial charge in [0.2, 0.25) is 0 Å². The number of allylic oxidation sites excluding steroid dienone is 14. The average Bonchev–Trinajstić information content (AvgIpc) is 3.70. The van der Waals surface area contributed by atoms with Gasteiger partial charge in [-0.3, -0.25) is 18.6 Å². The molecule has 2 unspecified atom stereocenters. The van der Waals surface area contributed by atoms with E-state index in [1.165, 1.54) is 231 Å². The molecule has 0 aliphatic rings. The van der Waals surface area contributed by atoms with E-state index in [4.69, 9.17) is 18.5 Å². The lowest BCUT2D eigenvalue weighted by atomic mass is 10.0. The molecule has 1 N–H and O–H groups in total. The summed E-state index contributed by atoms with van der Waals surface area (Å²) in [7, 11) is 1.49. The van der Waals surface area contributed by atoms with Gasteiger partial charge in [0.15, 0.2) is 6.10 Å². The molecule has 0 fully saturated rings. The quantitative estimate of drug-likeness (QED) is 0.0211. The Bertz CT molecular complexity index is 1730. The fraction of sp³-hybridized carbons (Fsp3) is 0.789. The summed E-state index contributed by atoms with van der Waals surface area (Å²) in [5, 5.41) is 0. The average molecular weight is 1230 g/mol. The zero-order valence-corrected chi connectivity index (χ0v) is 57.9. The van der Waals surface area contributed by atoms with Crippen LogP contribution >= 0.6 is 7.82 Å². The van der Waals surface area contributed by atoms with Gasteiger partial charge >= 0.3 is 19.8 Å². The Labute approximate surface area is 532 Å². The largest absolute Gasteiger partial charge is 0.472 e. The van der Waals surface area contributed by atoms with Crippen LogP contribution in [0.2, 0.25) is 0 Å². The highest BCUT2D eigenvalue weighted by atomic mass is 31.2. The first-order valence-corrected chi connectivity index (χ1v) is 37.8. The summed E-state index contributed by atoms with van der Waals surface area (Å²) in [5.41, 5.74) is 0. The summed E-state index contributed by atoms with van der Waals surface area (Å²) in [6.07, 6.45) is 91.2. The summed E-state index contributed by atoms with van der Waals surface area (Å²) in [6.45, 7) is 4.36. The Hall–Kier alpha value is -2.81. The van der Waals surface area contributed by atoms with Crippen LogP contribution in [0, 0.1) is 0 Å². The van der Waals surface area contributed by atoms with E-state index in [9.17, 15) is 19.0 Å². The molecule has 2 atom stereocenters. The lowest BCUT2D eigenvalue weighted by molar-refractivity contribution is -0.870. The third-order valence-electron chi connectivity index (χ3n) is 15.9. The Kier molecular flexibility index (Phi) is 64.4. The van der Waals surface area contributed by atoms with Crippen LogP contribution in [0.5, 0.6) is 0 Å². The molecule has 500 valence electrons. The molecule has 0 radical (unpaired) electrons. The molecular formula is C76H139NO8P+. The first-order chi connectivity index (χ1) is 42.0. The fourth-order valence-corrected chi connectivity index (χ4v) is 11.1. The maximum Gasteiger partial charge on any atom is 0.472 e. The van der Waals surface area contributed by atoms with E-state index >= 15 is 0 Å². The van der Waals surface area contributed by atoms with Gasteiger partial charge in [0.1, 0.15) is 19.8 Å². The summed E-state index contributed by atoms with van der Waals surface area (Å²) < 4.78 is 34.8. The molecule has 0 rings (SSSR count). The molecule has 9 nitrogen and oxygen atoms in total. The van der Waals surface area contributed by atoms with Crippen LogP contribution < -0.4 is 0 Å².